The first-order chi connectivity index (χ1) is 10.6. The van der Waals surface area contributed by atoms with Gasteiger partial charge in [0.15, 0.2) is 0 Å². The van der Waals surface area contributed by atoms with E-state index in [1.807, 2.05) is 7.05 Å². The molecule has 2 heterocycles. The van der Waals surface area contributed by atoms with Crippen LogP contribution < -0.4 is 5.32 Å². The number of carbonyl (C=O) groups is 1. The molecule has 3 rings (SSSR count). The summed E-state index contributed by atoms with van der Waals surface area (Å²) in [6.07, 6.45) is 0. The summed E-state index contributed by atoms with van der Waals surface area (Å²) in [5.41, 5.74) is 1.39. The third kappa shape index (κ3) is 3.13. The van der Waals surface area contributed by atoms with Crippen molar-refractivity contribution < 1.29 is 13.9 Å². The number of carbonyl (C=O) groups excluding carboxylic acids is 1. The molecule has 1 aliphatic rings. The van der Waals surface area contributed by atoms with Crippen molar-refractivity contribution in [2.75, 3.05) is 39.4 Å². The fourth-order valence-electron chi connectivity index (χ4n) is 2.78. The van der Waals surface area contributed by atoms with Gasteiger partial charge in [-0.1, -0.05) is 0 Å². The summed E-state index contributed by atoms with van der Waals surface area (Å²) in [5, 5.41) is 3.66. The SMILES string of the molecule is Cn1c(C(=O)NCCN2CCOCC2)cc2cc(F)ccc21. The molecule has 22 heavy (non-hydrogen) atoms. The first-order valence-electron chi connectivity index (χ1n) is 7.48. The van der Waals surface area contributed by atoms with Crippen LogP contribution in [0.5, 0.6) is 0 Å². The molecule has 1 aliphatic heterocycles. The zero-order valence-corrected chi connectivity index (χ0v) is 12.6. The zero-order chi connectivity index (χ0) is 15.5. The second kappa shape index (κ2) is 6.46. The van der Waals surface area contributed by atoms with Crippen LogP contribution in [-0.4, -0.2) is 54.8 Å². The van der Waals surface area contributed by atoms with Crippen LogP contribution in [0.25, 0.3) is 10.9 Å². The minimum atomic E-state index is -0.294. The molecule has 1 saturated heterocycles. The van der Waals surface area contributed by atoms with Gasteiger partial charge in [0.25, 0.3) is 5.91 Å². The summed E-state index contributed by atoms with van der Waals surface area (Å²) in [5.74, 6) is -0.426. The third-order valence-electron chi connectivity index (χ3n) is 4.05. The number of benzene rings is 1. The topological polar surface area (TPSA) is 46.5 Å². The number of rotatable bonds is 4. The molecule has 1 amide bonds. The summed E-state index contributed by atoms with van der Waals surface area (Å²) in [4.78, 5) is 14.6. The number of nitrogens with one attached hydrogen (secondary N) is 1. The van der Waals surface area contributed by atoms with Gasteiger partial charge in [0.1, 0.15) is 11.5 Å². The number of halogens is 1. The smallest absolute Gasteiger partial charge is 0.267 e. The Morgan fingerprint density at radius 3 is 2.86 bits per heavy atom. The highest BCUT2D eigenvalue weighted by Gasteiger charge is 2.14. The minimum Gasteiger partial charge on any atom is -0.379 e. The number of hydrogen-bond acceptors (Lipinski definition) is 3. The average molecular weight is 305 g/mol. The average Bonchev–Trinajstić information content (AvgIpc) is 2.84. The lowest BCUT2D eigenvalue weighted by atomic mass is 10.2. The van der Waals surface area contributed by atoms with Crippen molar-refractivity contribution in [1.29, 1.82) is 0 Å². The van der Waals surface area contributed by atoms with Crippen LogP contribution in [0.1, 0.15) is 10.5 Å². The lowest BCUT2D eigenvalue weighted by molar-refractivity contribution is 0.0383. The van der Waals surface area contributed by atoms with Gasteiger partial charge < -0.3 is 14.6 Å². The number of aromatic nitrogens is 1. The molecule has 1 fully saturated rings. The lowest BCUT2D eigenvalue weighted by Gasteiger charge is -2.26. The molecule has 1 aromatic carbocycles. The van der Waals surface area contributed by atoms with Crippen molar-refractivity contribution in [3.05, 3.63) is 35.8 Å². The highest BCUT2D eigenvalue weighted by molar-refractivity contribution is 5.98. The van der Waals surface area contributed by atoms with Crippen LogP contribution in [0.2, 0.25) is 0 Å². The summed E-state index contributed by atoms with van der Waals surface area (Å²) >= 11 is 0. The summed E-state index contributed by atoms with van der Waals surface area (Å²) in [7, 11) is 1.82. The van der Waals surface area contributed by atoms with Gasteiger partial charge >= 0.3 is 0 Å². The van der Waals surface area contributed by atoms with E-state index >= 15 is 0 Å². The largest absolute Gasteiger partial charge is 0.379 e. The number of aryl methyl sites for hydroxylation is 1. The number of nitrogens with zero attached hydrogens (tertiary/aromatic N) is 2. The Balaban J connectivity index is 1.63. The molecule has 0 radical (unpaired) electrons. The van der Waals surface area contributed by atoms with Gasteiger partial charge in [0.05, 0.1) is 13.2 Å². The molecule has 0 bridgehead atoms. The molecule has 1 aromatic heterocycles. The van der Waals surface area contributed by atoms with Gasteiger partial charge in [-0.2, -0.15) is 0 Å². The van der Waals surface area contributed by atoms with E-state index in [1.54, 1.807) is 16.7 Å². The van der Waals surface area contributed by atoms with Gasteiger partial charge in [0.2, 0.25) is 0 Å². The number of amides is 1. The van der Waals surface area contributed by atoms with E-state index < -0.39 is 0 Å². The maximum Gasteiger partial charge on any atom is 0.267 e. The Labute approximate surface area is 128 Å². The summed E-state index contributed by atoms with van der Waals surface area (Å²) in [6.45, 7) is 4.72. The van der Waals surface area contributed by atoms with Crippen LogP contribution in [0, 0.1) is 5.82 Å². The first-order valence-corrected chi connectivity index (χ1v) is 7.48. The first kappa shape index (κ1) is 15.0. The van der Waals surface area contributed by atoms with Crippen molar-refractivity contribution in [1.82, 2.24) is 14.8 Å². The molecule has 0 saturated carbocycles. The van der Waals surface area contributed by atoms with Gasteiger partial charge in [-0.25, -0.2) is 4.39 Å². The van der Waals surface area contributed by atoms with E-state index in [-0.39, 0.29) is 11.7 Å². The van der Waals surface area contributed by atoms with E-state index in [2.05, 4.69) is 10.2 Å². The van der Waals surface area contributed by atoms with Crippen LogP contribution >= 0.6 is 0 Å². The predicted molar refractivity (Wildman–Crippen MR) is 82.5 cm³/mol. The molecule has 6 heteroatoms. The lowest BCUT2D eigenvalue weighted by Crippen LogP contribution is -2.41. The quantitative estimate of drug-likeness (QED) is 0.928. The number of morpholine rings is 1. The number of ether oxygens (including phenoxy) is 1. The van der Waals surface area contributed by atoms with Crippen molar-refractivity contribution in [3.63, 3.8) is 0 Å². The Morgan fingerprint density at radius 1 is 1.32 bits per heavy atom. The van der Waals surface area contributed by atoms with E-state index in [9.17, 15) is 9.18 Å². The standard InChI is InChI=1S/C16H20FN3O2/c1-19-14-3-2-13(17)10-12(14)11-15(19)16(21)18-4-5-20-6-8-22-9-7-20/h2-3,10-11H,4-9H2,1H3,(H,18,21). The highest BCUT2D eigenvalue weighted by Crippen LogP contribution is 2.19. The number of fused-ring (bicyclic) bond motifs is 1. The Hall–Kier alpha value is -1.92. The van der Waals surface area contributed by atoms with E-state index in [1.165, 1.54) is 12.1 Å². The molecule has 5 nitrogen and oxygen atoms in total. The number of hydrogen-bond donors (Lipinski definition) is 1. The van der Waals surface area contributed by atoms with Crippen LogP contribution in [0.4, 0.5) is 4.39 Å². The molecule has 0 atom stereocenters. The maximum atomic E-state index is 13.3. The molecular weight excluding hydrogens is 285 g/mol. The normalized spacial score (nSPS) is 16.1. The van der Waals surface area contributed by atoms with Crippen molar-refractivity contribution >= 4 is 16.8 Å². The van der Waals surface area contributed by atoms with E-state index in [0.29, 0.717) is 12.2 Å². The second-order valence-corrected chi connectivity index (χ2v) is 5.50. The fourth-order valence-corrected chi connectivity index (χ4v) is 2.78. The molecular formula is C16H20FN3O2. The van der Waals surface area contributed by atoms with Crippen molar-refractivity contribution in [2.24, 2.45) is 7.05 Å². The second-order valence-electron chi connectivity index (χ2n) is 5.50. The van der Waals surface area contributed by atoms with Gasteiger partial charge in [-0.3, -0.25) is 9.69 Å². The molecule has 0 aliphatic carbocycles. The zero-order valence-electron chi connectivity index (χ0n) is 12.6. The maximum absolute atomic E-state index is 13.3. The predicted octanol–water partition coefficient (Wildman–Crippen LogP) is 1.38. The molecule has 0 unspecified atom stereocenters. The monoisotopic (exact) mass is 305 g/mol. The Kier molecular flexibility index (Phi) is 4.40. The highest BCUT2D eigenvalue weighted by atomic mass is 19.1. The molecule has 118 valence electrons. The Bertz CT molecular complexity index is 677. The molecule has 1 N–H and O–H groups in total. The van der Waals surface area contributed by atoms with Gasteiger partial charge in [-0.05, 0) is 24.3 Å². The van der Waals surface area contributed by atoms with E-state index in [4.69, 9.17) is 4.74 Å². The van der Waals surface area contributed by atoms with Gasteiger partial charge in [0, 0.05) is 44.1 Å². The van der Waals surface area contributed by atoms with Crippen LogP contribution in [-0.2, 0) is 11.8 Å². The van der Waals surface area contributed by atoms with Crippen LogP contribution in [0.3, 0.4) is 0 Å². The fraction of sp³-hybridized carbons (Fsp3) is 0.438. The summed E-state index contributed by atoms with van der Waals surface area (Å²) < 4.78 is 20.3. The van der Waals surface area contributed by atoms with E-state index in [0.717, 1.165) is 43.8 Å². The van der Waals surface area contributed by atoms with Gasteiger partial charge in [-0.15, -0.1) is 0 Å². The summed E-state index contributed by atoms with van der Waals surface area (Å²) in [6, 6.07) is 6.26. The minimum absolute atomic E-state index is 0.132. The van der Waals surface area contributed by atoms with Crippen LogP contribution in [0.15, 0.2) is 24.3 Å². The molecule has 2 aromatic rings. The molecule has 0 spiro atoms. The third-order valence-corrected chi connectivity index (χ3v) is 4.05. The van der Waals surface area contributed by atoms with Crippen molar-refractivity contribution in [3.8, 4) is 0 Å². The van der Waals surface area contributed by atoms with Crippen molar-refractivity contribution in [2.45, 2.75) is 0 Å². The Morgan fingerprint density at radius 2 is 2.09 bits per heavy atom.